The number of rotatable bonds is 3. The van der Waals surface area contributed by atoms with E-state index >= 15 is 0 Å². The molecule has 0 aromatic rings. The van der Waals surface area contributed by atoms with E-state index in [4.69, 9.17) is 10.5 Å². The van der Waals surface area contributed by atoms with Crippen molar-refractivity contribution in [2.45, 2.75) is 57.1 Å². The van der Waals surface area contributed by atoms with Crippen molar-refractivity contribution in [3.05, 3.63) is 0 Å². The normalized spacial score (nSPS) is 40.2. The Balaban J connectivity index is 1.38. The molecule has 4 aliphatic rings. The van der Waals surface area contributed by atoms with Gasteiger partial charge in [-0.25, -0.2) is 0 Å². The number of hydrogen-bond donors (Lipinski definition) is 2. The molecule has 4 heteroatoms. The van der Waals surface area contributed by atoms with Crippen LogP contribution in [0, 0.1) is 17.3 Å². The van der Waals surface area contributed by atoms with E-state index in [1.807, 2.05) is 0 Å². The molecule has 0 radical (unpaired) electrons. The van der Waals surface area contributed by atoms with Gasteiger partial charge < -0.3 is 15.8 Å². The van der Waals surface area contributed by atoms with Crippen molar-refractivity contribution in [1.29, 1.82) is 0 Å². The maximum atomic E-state index is 6.09. The fraction of sp³-hybridized carbons (Fsp3) is 0.933. The molecule has 0 amide bonds. The topological polar surface area (TPSA) is 59.6 Å². The average Bonchev–Trinajstić information content (AvgIpc) is 2.67. The molecule has 4 rings (SSSR count). The maximum Gasteiger partial charge on any atom is 0.188 e. The SMILES string of the molecule is NC(=NCC1CCC1)NC1C2CCOC2C12CCC2. The van der Waals surface area contributed by atoms with Crippen LogP contribution in [0.15, 0.2) is 4.99 Å². The van der Waals surface area contributed by atoms with E-state index in [9.17, 15) is 0 Å². The van der Waals surface area contributed by atoms with Crippen molar-refractivity contribution in [3.8, 4) is 0 Å². The predicted molar refractivity (Wildman–Crippen MR) is 74.9 cm³/mol. The number of ether oxygens (including phenoxy) is 1. The van der Waals surface area contributed by atoms with Gasteiger partial charge in [-0.15, -0.1) is 0 Å². The lowest BCUT2D eigenvalue weighted by Crippen LogP contribution is -2.72. The first-order valence-corrected chi connectivity index (χ1v) is 7.98. The number of nitrogens with zero attached hydrogens (tertiary/aromatic N) is 1. The monoisotopic (exact) mass is 263 g/mol. The van der Waals surface area contributed by atoms with Crippen LogP contribution in [0.5, 0.6) is 0 Å². The van der Waals surface area contributed by atoms with Crippen LogP contribution >= 0.6 is 0 Å². The molecule has 3 aliphatic carbocycles. The van der Waals surface area contributed by atoms with Crippen LogP contribution in [0.1, 0.15) is 44.9 Å². The molecule has 0 bridgehead atoms. The van der Waals surface area contributed by atoms with Gasteiger partial charge >= 0.3 is 0 Å². The van der Waals surface area contributed by atoms with Crippen LogP contribution in [0.4, 0.5) is 0 Å². The third kappa shape index (κ3) is 1.72. The van der Waals surface area contributed by atoms with E-state index in [0.717, 1.165) is 19.1 Å². The summed E-state index contributed by atoms with van der Waals surface area (Å²) in [5, 5.41) is 3.53. The van der Waals surface area contributed by atoms with Crippen molar-refractivity contribution >= 4 is 5.96 Å². The van der Waals surface area contributed by atoms with Gasteiger partial charge in [-0.1, -0.05) is 12.8 Å². The van der Waals surface area contributed by atoms with Gasteiger partial charge in [0.1, 0.15) is 0 Å². The summed E-state index contributed by atoms with van der Waals surface area (Å²) in [6, 6.07) is 0.527. The summed E-state index contributed by atoms with van der Waals surface area (Å²) in [4.78, 5) is 4.55. The highest BCUT2D eigenvalue weighted by Gasteiger charge is 2.66. The molecule has 4 nitrogen and oxygen atoms in total. The third-order valence-corrected chi connectivity index (χ3v) is 6.08. The van der Waals surface area contributed by atoms with Crippen LogP contribution in [0.3, 0.4) is 0 Å². The van der Waals surface area contributed by atoms with Crippen molar-refractivity contribution in [2.75, 3.05) is 13.2 Å². The number of nitrogens with one attached hydrogen (secondary N) is 1. The van der Waals surface area contributed by atoms with Gasteiger partial charge in [-0.2, -0.15) is 0 Å². The minimum absolute atomic E-state index is 0.401. The molecule has 1 heterocycles. The summed E-state index contributed by atoms with van der Waals surface area (Å²) in [5.74, 6) is 2.15. The van der Waals surface area contributed by atoms with Crippen molar-refractivity contribution in [1.82, 2.24) is 5.32 Å². The molecule has 0 aromatic heterocycles. The lowest BCUT2D eigenvalue weighted by atomic mass is 9.46. The number of hydrogen-bond acceptors (Lipinski definition) is 2. The van der Waals surface area contributed by atoms with Crippen molar-refractivity contribution < 1.29 is 4.74 Å². The molecule has 3 atom stereocenters. The van der Waals surface area contributed by atoms with Gasteiger partial charge in [-0.3, -0.25) is 4.99 Å². The molecule has 106 valence electrons. The number of guanidine groups is 1. The largest absolute Gasteiger partial charge is 0.377 e. The standard InChI is InChI=1S/C15H25N3O/c16-14(17-9-10-3-1-4-10)18-12-11-5-8-19-13(11)15(12)6-2-7-15/h10-13H,1-9H2,(H3,16,17,18). The first kappa shape index (κ1) is 12.0. The van der Waals surface area contributed by atoms with Gasteiger partial charge in [-0.05, 0) is 38.0 Å². The molecule has 0 aromatic carbocycles. The van der Waals surface area contributed by atoms with Crippen LogP contribution in [0.2, 0.25) is 0 Å². The van der Waals surface area contributed by atoms with Crippen LogP contribution in [-0.4, -0.2) is 31.3 Å². The number of aliphatic imine (C=N–C) groups is 1. The number of nitrogens with two attached hydrogens (primary N) is 1. The van der Waals surface area contributed by atoms with E-state index in [0.29, 0.717) is 29.4 Å². The summed E-state index contributed by atoms with van der Waals surface area (Å²) in [6.45, 7) is 1.86. The molecule has 1 aliphatic heterocycles. The second-order valence-corrected chi connectivity index (χ2v) is 6.98. The second kappa shape index (κ2) is 4.37. The highest BCUT2D eigenvalue weighted by Crippen LogP contribution is 2.62. The minimum Gasteiger partial charge on any atom is -0.377 e. The van der Waals surface area contributed by atoms with E-state index in [1.165, 1.54) is 44.9 Å². The van der Waals surface area contributed by atoms with Crippen LogP contribution in [-0.2, 0) is 4.74 Å². The summed E-state index contributed by atoms with van der Waals surface area (Å²) in [6.07, 6.45) is 9.72. The first-order valence-electron chi connectivity index (χ1n) is 7.98. The Hall–Kier alpha value is -0.770. The highest BCUT2D eigenvalue weighted by atomic mass is 16.5. The Kier molecular flexibility index (Phi) is 2.76. The highest BCUT2D eigenvalue weighted by molar-refractivity contribution is 5.78. The lowest BCUT2D eigenvalue weighted by molar-refractivity contribution is -0.171. The molecule has 3 saturated carbocycles. The summed E-state index contributed by atoms with van der Waals surface area (Å²) in [7, 11) is 0. The first-order chi connectivity index (χ1) is 9.29. The Morgan fingerprint density at radius 1 is 1.26 bits per heavy atom. The summed E-state index contributed by atoms with van der Waals surface area (Å²) < 4.78 is 5.93. The average molecular weight is 263 g/mol. The molecule has 19 heavy (non-hydrogen) atoms. The minimum atomic E-state index is 0.401. The zero-order valence-corrected chi connectivity index (χ0v) is 11.6. The molecular weight excluding hydrogens is 238 g/mol. The fourth-order valence-electron chi connectivity index (χ4n) is 4.56. The van der Waals surface area contributed by atoms with E-state index < -0.39 is 0 Å². The molecule has 3 unspecified atom stereocenters. The summed E-state index contributed by atoms with van der Waals surface area (Å²) >= 11 is 0. The smallest absolute Gasteiger partial charge is 0.188 e. The van der Waals surface area contributed by atoms with Gasteiger partial charge in [0.05, 0.1) is 6.10 Å². The Morgan fingerprint density at radius 3 is 2.74 bits per heavy atom. The van der Waals surface area contributed by atoms with E-state index in [1.54, 1.807) is 0 Å². The Labute approximate surface area is 115 Å². The molecule has 1 spiro atoms. The predicted octanol–water partition coefficient (Wildman–Crippen LogP) is 1.65. The van der Waals surface area contributed by atoms with Gasteiger partial charge in [0.15, 0.2) is 5.96 Å². The van der Waals surface area contributed by atoms with Gasteiger partial charge in [0.25, 0.3) is 0 Å². The molecule has 1 saturated heterocycles. The number of fused-ring (bicyclic) bond motifs is 2. The Bertz CT molecular complexity index is 387. The molecule has 3 N–H and O–H groups in total. The quantitative estimate of drug-likeness (QED) is 0.601. The van der Waals surface area contributed by atoms with Crippen LogP contribution in [0.25, 0.3) is 0 Å². The van der Waals surface area contributed by atoms with E-state index in [2.05, 4.69) is 10.3 Å². The molecular formula is C15H25N3O. The van der Waals surface area contributed by atoms with E-state index in [-0.39, 0.29) is 0 Å². The lowest BCUT2D eigenvalue weighted by Gasteiger charge is -2.63. The maximum absolute atomic E-state index is 6.09. The fourth-order valence-corrected chi connectivity index (χ4v) is 4.56. The van der Waals surface area contributed by atoms with Crippen molar-refractivity contribution in [2.24, 2.45) is 28.0 Å². The molecule has 4 fully saturated rings. The Morgan fingerprint density at radius 2 is 2.11 bits per heavy atom. The zero-order valence-electron chi connectivity index (χ0n) is 11.6. The van der Waals surface area contributed by atoms with Crippen LogP contribution < -0.4 is 11.1 Å². The zero-order chi connectivity index (χ0) is 12.9. The summed E-state index contributed by atoms with van der Waals surface area (Å²) in [5.41, 5.74) is 6.49. The van der Waals surface area contributed by atoms with Gasteiger partial charge in [0.2, 0.25) is 0 Å². The van der Waals surface area contributed by atoms with Crippen molar-refractivity contribution in [3.63, 3.8) is 0 Å². The second-order valence-electron chi connectivity index (χ2n) is 6.98. The van der Waals surface area contributed by atoms with Gasteiger partial charge in [0, 0.05) is 30.5 Å². The third-order valence-electron chi connectivity index (χ3n) is 6.08.